The molecular formula is C6H14ClN3O3S. The molecule has 0 fully saturated rings. The second-order valence-electron chi connectivity index (χ2n) is 2.36. The Bertz CT molecular complexity index is 193. The Kier molecular flexibility index (Phi) is 10.1. The van der Waals surface area contributed by atoms with Crippen molar-refractivity contribution in [1.82, 2.24) is 5.32 Å². The second-order valence-corrected chi connectivity index (χ2v) is 2.80. The molecule has 1 atom stereocenters. The second kappa shape index (κ2) is 8.92. The van der Waals surface area contributed by atoms with E-state index in [4.69, 9.17) is 18.0 Å². The van der Waals surface area contributed by atoms with Gasteiger partial charge in [-0.3, -0.25) is 0 Å². The molecule has 3 N–H and O–H groups in total. The van der Waals surface area contributed by atoms with E-state index in [9.17, 15) is 10.1 Å². The summed E-state index contributed by atoms with van der Waals surface area (Å²) in [7, 11) is 0. The molecule has 0 aromatic rings. The highest BCUT2D eigenvalue weighted by molar-refractivity contribution is 7.80. The van der Waals surface area contributed by atoms with Crippen LogP contribution in [0.2, 0.25) is 0 Å². The summed E-state index contributed by atoms with van der Waals surface area (Å²) in [6.07, 6.45) is 0.738. The zero-order chi connectivity index (χ0) is 10.3. The molecule has 8 heteroatoms. The molecule has 0 saturated carbocycles. The molecular weight excluding hydrogens is 230 g/mol. The van der Waals surface area contributed by atoms with Crippen LogP contribution in [0.1, 0.15) is 13.3 Å². The maximum Gasteiger partial charge on any atom is 0.294 e. The van der Waals surface area contributed by atoms with Crippen LogP contribution in [0.25, 0.3) is 0 Å². The van der Waals surface area contributed by atoms with E-state index in [0.29, 0.717) is 11.5 Å². The van der Waals surface area contributed by atoms with Crippen LogP contribution in [-0.2, 0) is 4.84 Å². The Balaban J connectivity index is 0. The molecule has 84 valence electrons. The summed E-state index contributed by atoms with van der Waals surface area (Å²) in [6, 6.07) is -0.189. The van der Waals surface area contributed by atoms with Crippen molar-refractivity contribution in [3.8, 4) is 0 Å². The third-order valence-corrected chi connectivity index (χ3v) is 1.82. The maximum atomic E-state index is 9.73. The molecule has 1 unspecified atom stereocenters. The molecule has 0 amide bonds. The molecule has 0 spiro atoms. The standard InChI is InChI=1S/C6H13N3O3S.ClH/c1-2-5(7)6(13)8-3-4-12-9(10)11;/h5H,2-4,7H2,1H3,(H,8,13);1H. The van der Waals surface area contributed by atoms with Crippen molar-refractivity contribution in [1.29, 1.82) is 0 Å². The highest BCUT2D eigenvalue weighted by atomic mass is 35.5. The zero-order valence-corrected chi connectivity index (χ0v) is 9.40. The third-order valence-electron chi connectivity index (χ3n) is 1.37. The Labute approximate surface area is 93.7 Å². The van der Waals surface area contributed by atoms with E-state index < -0.39 is 5.09 Å². The van der Waals surface area contributed by atoms with Crippen molar-refractivity contribution < 1.29 is 9.92 Å². The number of hydrogen-bond donors (Lipinski definition) is 2. The normalized spacial score (nSPS) is 11.0. The number of halogens is 1. The summed E-state index contributed by atoms with van der Waals surface area (Å²) in [6.45, 7) is 2.18. The molecule has 0 radical (unpaired) electrons. The first-order chi connectivity index (χ1) is 6.07. The zero-order valence-electron chi connectivity index (χ0n) is 7.76. The molecule has 0 aliphatic rings. The molecule has 0 aromatic heterocycles. The quantitative estimate of drug-likeness (QED) is 0.301. The predicted molar refractivity (Wildman–Crippen MR) is 59.1 cm³/mol. The third kappa shape index (κ3) is 7.96. The highest BCUT2D eigenvalue weighted by Crippen LogP contribution is 1.87. The Morgan fingerprint density at radius 1 is 1.79 bits per heavy atom. The van der Waals surface area contributed by atoms with Crippen LogP contribution in [-0.4, -0.2) is 29.3 Å². The van der Waals surface area contributed by atoms with E-state index in [0.717, 1.165) is 6.42 Å². The van der Waals surface area contributed by atoms with E-state index >= 15 is 0 Å². The number of nitrogens with two attached hydrogens (primary N) is 1. The van der Waals surface area contributed by atoms with Crippen molar-refractivity contribution in [2.45, 2.75) is 19.4 Å². The lowest BCUT2D eigenvalue weighted by molar-refractivity contribution is -0.757. The molecule has 0 aliphatic heterocycles. The summed E-state index contributed by atoms with van der Waals surface area (Å²) in [4.78, 5) is 14.3. The summed E-state index contributed by atoms with van der Waals surface area (Å²) in [5.41, 5.74) is 5.58. The molecule has 0 aromatic carbocycles. The lowest BCUT2D eigenvalue weighted by Crippen LogP contribution is -2.40. The van der Waals surface area contributed by atoms with Crippen molar-refractivity contribution in [2.75, 3.05) is 13.2 Å². The van der Waals surface area contributed by atoms with Gasteiger partial charge in [-0.2, -0.15) is 0 Å². The van der Waals surface area contributed by atoms with Crippen LogP contribution in [0.4, 0.5) is 0 Å². The largest absolute Gasteiger partial charge is 0.376 e. The summed E-state index contributed by atoms with van der Waals surface area (Å²) in [5.74, 6) is 0. The maximum absolute atomic E-state index is 9.73. The van der Waals surface area contributed by atoms with E-state index in [1.807, 2.05) is 6.92 Å². The van der Waals surface area contributed by atoms with Crippen LogP contribution < -0.4 is 11.1 Å². The van der Waals surface area contributed by atoms with Crippen LogP contribution in [0.3, 0.4) is 0 Å². The van der Waals surface area contributed by atoms with Crippen molar-refractivity contribution >= 4 is 29.6 Å². The first-order valence-electron chi connectivity index (χ1n) is 3.88. The Morgan fingerprint density at radius 3 is 2.79 bits per heavy atom. The van der Waals surface area contributed by atoms with Gasteiger partial charge < -0.3 is 15.9 Å². The lowest BCUT2D eigenvalue weighted by Gasteiger charge is -2.12. The fraction of sp³-hybridized carbons (Fsp3) is 0.833. The highest BCUT2D eigenvalue weighted by Gasteiger charge is 2.05. The summed E-state index contributed by atoms with van der Waals surface area (Å²) >= 11 is 4.89. The summed E-state index contributed by atoms with van der Waals surface area (Å²) in [5, 5.41) is 11.7. The topological polar surface area (TPSA) is 90.4 Å². The van der Waals surface area contributed by atoms with Crippen molar-refractivity contribution in [3.05, 3.63) is 10.1 Å². The predicted octanol–water partition coefficient (Wildman–Crippen LogP) is 0.271. The minimum atomic E-state index is -0.843. The average molecular weight is 244 g/mol. The van der Waals surface area contributed by atoms with Gasteiger partial charge in [0, 0.05) is 6.54 Å². The molecule has 0 aliphatic carbocycles. The minimum Gasteiger partial charge on any atom is -0.376 e. The van der Waals surface area contributed by atoms with Gasteiger partial charge in [-0.05, 0) is 6.42 Å². The Morgan fingerprint density at radius 2 is 2.36 bits per heavy atom. The molecule has 0 bridgehead atoms. The molecule has 0 saturated heterocycles. The van der Waals surface area contributed by atoms with E-state index in [1.54, 1.807) is 0 Å². The van der Waals surface area contributed by atoms with Crippen molar-refractivity contribution in [3.63, 3.8) is 0 Å². The average Bonchev–Trinajstić information content (AvgIpc) is 2.10. The number of thiocarbonyl (C=S) groups is 1. The fourth-order valence-corrected chi connectivity index (χ4v) is 0.880. The van der Waals surface area contributed by atoms with Gasteiger partial charge in [-0.15, -0.1) is 22.5 Å². The number of nitrogens with one attached hydrogen (secondary N) is 1. The van der Waals surface area contributed by atoms with Crippen LogP contribution in [0.15, 0.2) is 0 Å². The fourth-order valence-electron chi connectivity index (χ4n) is 0.611. The number of rotatable bonds is 6. The van der Waals surface area contributed by atoms with Gasteiger partial charge in [-0.25, -0.2) is 0 Å². The van der Waals surface area contributed by atoms with Crippen molar-refractivity contribution in [2.24, 2.45) is 5.73 Å². The molecule has 14 heavy (non-hydrogen) atoms. The van der Waals surface area contributed by atoms with Gasteiger partial charge in [0.1, 0.15) is 6.61 Å². The van der Waals surface area contributed by atoms with Gasteiger partial charge >= 0.3 is 0 Å². The van der Waals surface area contributed by atoms with Crippen LogP contribution in [0, 0.1) is 10.1 Å². The molecule has 0 rings (SSSR count). The van der Waals surface area contributed by atoms with Gasteiger partial charge in [0.05, 0.1) is 11.0 Å². The monoisotopic (exact) mass is 243 g/mol. The van der Waals surface area contributed by atoms with Crippen LogP contribution in [0.5, 0.6) is 0 Å². The smallest absolute Gasteiger partial charge is 0.294 e. The van der Waals surface area contributed by atoms with Gasteiger partial charge in [0.2, 0.25) is 0 Å². The molecule has 0 heterocycles. The summed E-state index contributed by atoms with van der Waals surface area (Å²) < 4.78 is 0. The lowest BCUT2D eigenvalue weighted by atomic mass is 10.2. The molecule has 6 nitrogen and oxygen atoms in total. The Hall–Kier alpha value is -0.660. The number of hydrogen-bond acceptors (Lipinski definition) is 5. The first kappa shape index (κ1) is 15.8. The SMILES string of the molecule is CCC(N)C(=S)NCCO[N+](=O)[O-].Cl. The van der Waals surface area contributed by atoms with E-state index in [-0.39, 0.29) is 25.1 Å². The van der Waals surface area contributed by atoms with E-state index in [1.165, 1.54) is 0 Å². The first-order valence-corrected chi connectivity index (χ1v) is 4.29. The van der Waals surface area contributed by atoms with Gasteiger partial charge in [0.15, 0.2) is 0 Å². The number of nitrogens with zero attached hydrogens (tertiary/aromatic N) is 1. The van der Waals surface area contributed by atoms with Gasteiger partial charge in [-0.1, -0.05) is 19.1 Å². The van der Waals surface area contributed by atoms with E-state index in [2.05, 4.69) is 10.2 Å². The van der Waals surface area contributed by atoms with Gasteiger partial charge in [0.25, 0.3) is 5.09 Å². The van der Waals surface area contributed by atoms with Crippen LogP contribution >= 0.6 is 24.6 Å². The minimum absolute atomic E-state index is 0.